The number of benzene rings is 3. The molecule has 2 aliphatic rings. The van der Waals surface area contributed by atoms with Gasteiger partial charge in [0.1, 0.15) is 0 Å². The number of fused-ring (bicyclic) bond motifs is 1. The van der Waals surface area contributed by atoms with Gasteiger partial charge in [0.15, 0.2) is 0 Å². The van der Waals surface area contributed by atoms with Crippen LogP contribution in [0.25, 0.3) is 16.5 Å². The standard InChI is InChI=1S/C36H42ClN5O2/c1-2-32(27-10-4-3-5-11-27)38-35(43)34-30-12-6-7-13-31(30)36(44)42(29-16-14-28(37)15-17-29)33(34)26-41-24-22-40(23-25-41)21-20-39-18-8-9-19-39/h3-7,10-17,32H,2,8-9,18-26H2,1H3,(H,38,43)/t32-/m0/s1. The summed E-state index contributed by atoms with van der Waals surface area (Å²) < 4.78 is 1.73. The van der Waals surface area contributed by atoms with Crippen molar-refractivity contribution in [3.8, 4) is 5.69 Å². The number of nitrogens with zero attached hydrogens (tertiary/aromatic N) is 4. The lowest BCUT2D eigenvalue weighted by Gasteiger charge is -2.36. The Labute approximate surface area is 265 Å². The lowest BCUT2D eigenvalue weighted by atomic mass is 9.99. The molecule has 0 radical (unpaired) electrons. The number of rotatable bonds is 10. The third-order valence-electron chi connectivity index (χ3n) is 9.19. The van der Waals surface area contributed by atoms with E-state index in [-0.39, 0.29) is 17.5 Å². The summed E-state index contributed by atoms with van der Waals surface area (Å²) in [5, 5.41) is 5.12. The summed E-state index contributed by atoms with van der Waals surface area (Å²) in [6, 6.07) is 24.7. The van der Waals surface area contributed by atoms with Gasteiger partial charge in [0.05, 0.1) is 17.3 Å². The number of carbonyl (C=O) groups excluding carboxylic acids is 1. The van der Waals surface area contributed by atoms with Crippen molar-refractivity contribution in [1.29, 1.82) is 0 Å². The van der Waals surface area contributed by atoms with E-state index in [4.69, 9.17) is 11.6 Å². The number of pyridine rings is 1. The van der Waals surface area contributed by atoms with Gasteiger partial charge in [-0.05, 0) is 68.2 Å². The lowest BCUT2D eigenvalue weighted by Crippen LogP contribution is -2.48. The predicted octanol–water partition coefficient (Wildman–Crippen LogP) is 5.74. The van der Waals surface area contributed by atoms with Crippen LogP contribution in [-0.4, -0.2) is 77.5 Å². The number of nitrogens with one attached hydrogen (secondary N) is 1. The van der Waals surface area contributed by atoms with E-state index in [1.165, 1.54) is 25.9 Å². The highest BCUT2D eigenvalue weighted by atomic mass is 35.5. The highest BCUT2D eigenvalue weighted by molar-refractivity contribution is 6.30. The normalized spacial score (nSPS) is 17.2. The van der Waals surface area contributed by atoms with Crippen molar-refractivity contribution in [3.05, 3.63) is 111 Å². The molecular weight excluding hydrogens is 570 g/mol. The first-order valence-corrected chi connectivity index (χ1v) is 16.3. The van der Waals surface area contributed by atoms with E-state index in [2.05, 4.69) is 26.9 Å². The third kappa shape index (κ3) is 6.76. The predicted molar refractivity (Wildman–Crippen MR) is 179 cm³/mol. The van der Waals surface area contributed by atoms with Crippen LogP contribution in [0.4, 0.5) is 0 Å². The minimum atomic E-state index is -0.168. The fraction of sp³-hybridized carbons (Fsp3) is 0.389. The van der Waals surface area contributed by atoms with Gasteiger partial charge in [0, 0.05) is 67.3 Å². The number of halogens is 1. The Morgan fingerprint density at radius 1 is 0.773 bits per heavy atom. The van der Waals surface area contributed by atoms with Crippen LogP contribution in [0.15, 0.2) is 83.7 Å². The van der Waals surface area contributed by atoms with Crippen molar-refractivity contribution in [2.24, 2.45) is 0 Å². The van der Waals surface area contributed by atoms with Gasteiger partial charge < -0.3 is 10.2 Å². The summed E-state index contributed by atoms with van der Waals surface area (Å²) in [6.45, 7) is 10.9. The topological polar surface area (TPSA) is 60.8 Å². The molecule has 4 aromatic rings. The number of hydrogen-bond acceptors (Lipinski definition) is 5. The first-order chi connectivity index (χ1) is 21.5. The van der Waals surface area contributed by atoms with E-state index in [0.29, 0.717) is 39.3 Å². The molecule has 2 fully saturated rings. The Kier molecular flexibility index (Phi) is 9.77. The zero-order valence-electron chi connectivity index (χ0n) is 25.6. The fourth-order valence-corrected chi connectivity index (χ4v) is 6.80. The molecule has 1 N–H and O–H groups in total. The molecule has 2 aliphatic heterocycles. The molecule has 0 aliphatic carbocycles. The number of piperazine rings is 1. The Morgan fingerprint density at radius 3 is 2.02 bits per heavy atom. The van der Waals surface area contributed by atoms with Gasteiger partial charge in [0.2, 0.25) is 0 Å². The Hall–Kier alpha value is -3.49. The monoisotopic (exact) mass is 611 g/mol. The number of amides is 1. The second-order valence-electron chi connectivity index (χ2n) is 12.0. The molecule has 0 bridgehead atoms. The van der Waals surface area contributed by atoms with Crippen LogP contribution in [0.1, 0.15) is 53.8 Å². The molecule has 44 heavy (non-hydrogen) atoms. The fourth-order valence-electron chi connectivity index (χ4n) is 6.67. The summed E-state index contributed by atoms with van der Waals surface area (Å²) in [5.74, 6) is -0.168. The molecule has 6 rings (SSSR count). The molecule has 0 unspecified atom stereocenters. The van der Waals surface area contributed by atoms with Gasteiger partial charge in [-0.25, -0.2) is 0 Å². The molecule has 0 saturated carbocycles. The van der Waals surface area contributed by atoms with Gasteiger partial charge >= 0.3 is 0 Å². The second-order valence-corrected chi connectivity index (χ2v) is 12.4. The van der Waals surface area contributed by atoms with Crippen molar-refractivity contribution >= 4 is 28.3 Å². The summed E-state index contributed by atoms with van der Waals surface area (Å²) in [6.07, 6.45) is 3.38. The number of hydrogen-bond donors (Lipinski definition) is 1. The Bertz CT molecular complexity index is 1620. The first-order valence-electron chi connectivity index (χ1n) is 16.0. The zero-order valence-corrected chi connectivity index (χ0v) is 26.3. The minimum Gasteiger partial charge on any atom is -0.345 e. The van der Waals surface area contributed by atoms with Gasteiger partial charge in [0.25, 0.3) is 11.5 Å². The third-order valence-corrected chi connectivity index (χ3v) is 9.44. The molecular formula is C36H42ClN5O2. The molecule has 230 valence electrons. The van der Waals surface area contributed by atoms with Gasteiger partial charge in [-0.1, -0.05) is 67.1 Å². The van der Waals surface area contributed by atoms with E-state index >= 15 is 0 Å². The maximum atomic E-state index is 14.4. The zero-order chi connectivity index (χ0) is 30.5. The molecule has 3 heterocycles. The molecule has 2 saturated heterocycles. The minimum absolute atomic E-state index is 0.131. The van der Waals surface area contributed by atoms with Crippen LogP contribution in [0.2, 0.25) is 5.02 Å². The Balaban J connectivity index is 1.36. The van der Waals surface area contributed by atoms with E-state index in [1.54, 1.807) is 16.7 Å². The van der Waals surface area contributed by atoms with E-state index in [9.17, 15) is 9.59 Å². The van der Waals surface area contributed by atoms with Crippen molar-refractivity contribution in [1.82, 2.24) is 24.6 Å². The molecule has 7 nitrogen and oxygen atoms in total. The van der Waals surface area contributed by atoms with Crippen LogP contribution in [0.3, 0.4) is 0 Å². The SMILES string of the molecule is CC[C@H](NC(=O)c1c(CN2CCN(CCN3CCCC3)CC2)n(-c2ccc(Cl)cc2)c(=O)c2ccccc12)c1ccccc1. The van der Waals surface area contributed by atoms with Crippen LogP contribution in [-0.2, 0) is 6.54 Å². The molecule has 1 aromatic heterocycles. The quantitative estimate of drug-likeness (QED) is 0.248. The maximum Gasteiger partial charge on any atom is 0.263 e. The first kappa shape index (κ1) is 30.5. The van der Waals surface area contributed by atoms with Crippen molar-refractivity contribution in [2.45, 2.75) is 38.8 Å². The van der Waals surface area contributed by atoms with E-state index < -0.39 is 0 Å². The van der Waals surface area contributed by atoms with Crippen LogP contribution in [0, 0.1) is 0 Å². The largest absolute Gasteiger partial charge is 0.345 e. The number of carbonyl (C=O) groups is 1. The van der Waals surface area contributed by atoms with Crippen molar-refractivity contribution in [3.63, 3.8) is 0 Å². The van der Waals surface area contributed by atoms with Crippen molar-refractivity contribution < 1.29 is 4.79 Å². The highest BCUT2D eigenvalue weighted by Crippen LogP contribution is 2.27. The van der Waals surface area contributed by atoms with Gasteiger partial charge in [-0.3, -0.25) is 24.0 Å². The average Bonchev–Trinajstić information content (AvgIpc) is 3.58. The molecule has 0 spiro atoms. The molecule has 3 aromatic carbocycles. The lowest BCUT2D eigenvalue weighted by molar-refractivity contribution is 0.0929. The summed E-state index contributed by atoms with van der Waals surface area (Å²) in [7, 11) is 0. The molecule has 1 atom stereocenters. The number of likely N-dealkylation sites (tertiary alicyclic amines) is 1. The molecule has 8 heteroatoms. The van der Waals surface area contributed by atoms with E-state index in [0.717, 1.165) is 51.3 Å². The van der Waals surface area contributed by atoms with Crippen molar-refractivity contribution in [2.75, 3.05) is 52.4 Å². The molecule has 1 amide bonds. The number of aromatic nitrogens is 1. The summed E-state index contributed by atoms with van der Waals surface area (Å²) in [5.41, 5.74) is 2.90. The Morgan fingerprint density at radius 2 is 1.36 bits per heavy atom. The van der Waals surface area contributed by atoms with Crippen LogP contribution < -0.4 is 10.9 Å². The van der Waals surface area contributed by atoms with Crippen LogP contribution in [0.5, 0.6) is 0 Å². The van der Waals surface area contributed by atoms with E-state index in [1.807, 2.05) is 66.7 Å². The highest BCUT2D eigenvalue weighted by Gasteiger charge is 2.27. The maximum absolute atomic E-state index is 14.4. The summed E-state index contributed by atoms with van der Waals surface area (Å²) >= 11 is 6.26. The van der Waals surface area contributed by atoms with Crippen LogP contribution >= 0.6 is 11.6 Å². The van der Waals surface area contributed by atoms with Gasteiger partial charge in [-0.15, -0.1) is 0 Å². The summed E-state index contributed by atoms with van der Waals surface area (Å²) in [4.78, 5) is 36.1. The van der Waals surface area contributed by atoms with Gasteiger partial charge in [-0.2, -0.15) is 0 Å². The average molecular weight is 612 g/mol. The smallest absolute Gasteiger partial charge is 0.263 e. The second kappa shape index (κ2) is 14.1.